The van der Waals surface area contributed by atoms with Crippen LogP contribution in [0.15, 0.2) is 41.7 Å². The van der Waals surface area contributed by atoms with Crippen molar-refractivity contribution in [1.82, 2.24) is 4.98 Å². The molecule has 1 aliphatic rings. The molecule has 6 heteroatoms. The van der Waals surface area contributed by atoms with Crippen LogP contribution in [-0.2, 0) is 0 Å². The van der Waals surface area contributed by atoms with E-state index in [0.29, 0.717) is 11.3 Å². The Morgan fingerprint density at radius 2 is 2.24 bits per heavy atom. The zero-order valence-electron chi connectivity index (χ0n) is 11.4. The number of hydrogen-bond acceptors (Lipinski definition) is 5. The molecule has 1 atom stereocenters. The predicted molar refractivity (Wildman–Crippen MR) is 79.7 cm³/mol. The Hall–Kier alpha value is -2.89. The van der Waals surface area contributed by atoms with Gasteiger partial charge < -0.3 is 15.8 Å². The summed E-state index contributed by atoms with van der Waals surface area (Å²) in [5, 5.41) is 3.26. The number of methoxy groups -OCH3 is 1. The summed E-state index contributed by atoms with van der Waals surface area (Å²) >= 11 is 0. The van der Waals surface area contributed by atoms with Gasteiger partial charge in [0.15, 0.2) is 0 Å². The molecule has 0 bridgehead atoms. The monoisotopic (exact) mass is 282 g/mol. The van der Waals surface area contributed by atoms with Crippen molar-refractivity contribution in [1.29, 1.82) is 0 Å². The summed E-state index contributed by atoms with van der Waals surface area (Å²) in [6.07, 6.45) is 4.86. The first-order valence-electron chi connectivity index (χ1n) is 6.41. The molecular formula is C15H14N4O2. The van der Waals surface area contributed by atoms with E-state index in [4.69, 9.17) is 10.5 Å². The van der Waals surface area contributed by atoms with E-state index in [0.717, 1.165) is 16.8 Å². The zero-order chi connectivity index (χ0) is 14.8. The van der Waals surface area contributed by atoms with E-state index in [2.05, 4.69) is 15.3 Å². The topological polar surface area (TPSA) is 89.6 Å². The molecule has 1 aromatic heterocycles. The summed E-state index contributed by atoms with van der Waals surface area (Å²) in [6.45, 7) is 0. The molecule has 1 amide bonds. The second-order valence-electron chi connectivity index (χ2n) is 4.58. The van der Waals surface area contributed by atoms with Gasteiger partial charge in [-0.05, 0) is 12.1 Å². The Morgan fingerprint density at radius 1 is 1.38 bits per heavy atom. The van der Waals surface area contributed by atoms with Crippen molar-refractivity contribution in [3.8, 4) is 5.75 Å². The number of aromatic nitrogens is 1. The maximum absolute atomic E-state index is 11.5. The number of carbonyl (C=O) groups excluding carboxylic acids is 1. The molecule has 0 spiro atoms. The van der Waals surface area contributed by atoms with Crippen LogP contribution < -0.4 is 15.8 Å². The van der Waals surface area contributed by atoms with Crippen LogP contribution in [0.1, 0.15) is 27.7 Å². The third-order valence-electron chi connectivity index (χ3n) is 3.32. The van der Waals surface area contributed by atoms with E-state index in [1.807, 2.05) is 12.1 Å². The van der Waals surface area contributed by atoms with Gasteiger partial charge in [-0.1, -0.05) is 12.1 Å². The Labute approximate surface area is 121 Å². The highest BCUT2D eigenvalue weighted by Gasteiger charge is 2.22. The number of nitrogens with two attached hydrogens (primary N) is 1. The van der Waals surface area contributed by atoms with Gasteiger partial charge in [0.2, 0.25) is 0 Å². The smallest absolute Gasteiger partial charge is 0.252 e. The Morgan fingerprint density at radius 3 is 3.00 bits per heavy atom. The van der Waals surface area contributed by atoms with E-state index >= 15 is 0 Å². The van der Waals surface area contributed by atoms with Crippen molar-refractivity contribution >= 4 is 17.8 Å². The molecular weight excluding hydrogens is 268 g/mol. The predicted octanol–water partition coefficient (Wildman–Crippen LogP) is 1.73. The Bertz CT molecular complexity index is 727. The van der Waals surface area contributed by atoms with Crippen molar-refractivity contribution in [2.75, 3.05) is 12.4 Å². The number of carbonyl (C=O) groups is 1. The Kier molecular flexibility index (Phi) is 3.27. The molecule has 1 aliphatic heterocycles. The van der Waals surface area contributed by atoms with Gasteiger partial charge in [0.1, 0.15) is 11.9 Å². The second kappa shape index (κ2) is 5.24. The van der Waals surface area contributed by atoms with Crippen molar-refractivity contribution < 1.29 is 9.53 Å². The lowest BCUT2D eigenvalue weighted by Crippen LogP contribution is -2.18. The fourth-order valence-corrected chi connectivity index (χ4v) is 2.33. The van der Waals surface area contributed by atoms with Gasteiger partial charge in [-0.2, -0.15) is 0 Å². The lowest BCUT2D eigenvalue weighted by Gasteiger charge is -2.23. The van der Waals surface area contributed by atoms with Crippen LogP contribution in [0.25, 0.3) is 0 Å². The normalized spacial score (nSPS) is 16.0. The molecule has 0 fully saturated rings. The summed E-state index contributed by atoms with van der Waals surface area (Å²) in [4.78, 5) is 20.0. The van der Waals surface area contributed by atoms with Gasteiger partial charge in [-0.25, -0.2) is 0 Å². The SMILES string of the molecule is COc1c(C(N)=O)cccc1C1N=Cc2ccncc2N1. The first kappa shape index (κ1) is 13.1. The summed E-state index contributed by atoms with van der Waals surface area (Å²) in [7, 11) is 1.51. The second-order valence-corrected chi connectivity index (χ2v) is 4.58. The van der Waals surface area contributed by atoms with Crippen LogP contribution in [0, 0.1) is 0 Å². The molecule has 0 saturated heterocycles. The lowest BCUT2D eigenvalue weighted by atomic mass is 10.0. The van der Waals surface area contributed by atoms with Gasteiger partial charge in [0.25, 0.3) is 5.91 Å². The van der Waals surface area contributed by atoms with Crippen LogP contribution in [0.3, 0.4) is 0 Å². The molecule has 1 aromatic carbocycles. The first-order chi connectivity index (χ1) is 10.2. The standard InChI is InChI=1S/C15H14N4O2/c1-21-13-10(14(16)20)3-2-4-11(13)15-18-7-9-5-6-17-8-12(9)19-15/h2-8,15,19H,1H3,(H2,16,20). The number of para-hydroxylation sites is 1. The summed E-state index contributed by atoms with van der Waals surface area (Å²) in [5.41, 5.74) is 8.31. The third kappa shape index (κ3) is 2.31. The van der Waals surface area contributed by atoms with Crippen molar-refractivity contribution in [2.24, 2.45) is 10.7 Å². The maximum atomic E-state index is 11.5. The van der Waals surface area contributed by atoms with Crippen LogP contribution in [0.5, 0.6) is 5.75 Å². The van der Waals surface area contributed by atoms with Crippen LogP contribution in [-0.4, -0.2) is 24.2 Å². The number of anilines is 1. The number of nitrogens with one attached hydrogen (secondary N) is 1. The average Bonchev–Trinajstić information content (AvgIpc) is 2.53. The fraction of sp³-hybridized carbons (Fsp3) is 0.133. The van der Waals surface area contributed by atoms with Gasteiger partial charge in [-0.3, -0.25) is 14.8 Å². The van der Waals surface area contributed by atoms with Gasteiger partial charge >= 0.3 is 0 Å². The summed E-state index contributed by atoms with van der Waals surface area (Å²) in [5.74, 6) is -0.0949. The highest BCUT2D eigenvalue weighted by Crippen LogP contribution is 2.34. The molecule has 0 radical (unpaired) electrons. The minimum absolute atomic E-state index is 0.337. The van der Waals surface area contributed by atoms with Crippen molar-refractivity contribution in [3.63, 3.8) is 0 Å². The molecule has 3 N–H and O–H groups in total. The lowest BCUT2D eigenvalue weighted by molar-refractivity contribution is 0.0997. The molecule has 3 rings (SSSR count). The van der Waals surface area contributed by atoms with E-state index < -0.39 is 5.91 Å². The van der Waals surface area contributed by atoms with Gasteiger partial charge in [-0.15, -0.1) is 0 Å². The minimum atomic E-state index is -0.532. The molecule has 106 valence electrons. The van der Waals surface area contributed by atoms with Crippen LogP contribution in [0.4, 0.5) is 5.69 Å². The number of pyridine rings is 1. The largest absolute Gasteiger partial charge is 0.495 e. The number of ether oxygens (including phenoxy) is 1. The molecule has 1 unspecified atom stereocenters. The molecule has 6 nitrogen and oxygen atoms in total. The highest BCUT2D eigenvalue weighted by molar-refractivity contribution is 5.96. The number of primary amides is 1. The maximum Gasteiger partial charge on any atom is 0.252 e. The van der Waals surface area contributed by atoms with Crippen molar-refractivity contribution in [3.05, 3.63) is 53.3 Å². The number of amides is 1. The average molecular weight is 282 g/mol. The van der Waals surface area contributed by atoms with E-state index in [1.54, 1.807) is 30.7 Å². The van der Waals surface area contributed by atoms with Gasteiger partial charge in [0, 0.05) is 23.5 Å². The van der Waals surface area contributed by atoms with E-state index in [9.17, 15) is 4.79 Å². The van der Waals surface area contributed by atoms with E-state index in [1.165, 1.54) is 7.11 Å². The molecule has 21 heavy (non-hydrogen) atoms. The number of rotatable bonds is 3. The molecule has 0 aliphatic carbocycles. The molecule has 0 saturated carbocycles. The zero-order valence-corrected chi connectivity index (χ0v) is 11.4. The van der Waals surface area contributed by atoms with Crippen molar-refractivity contribution in [2.45, 2.75) is 6.17 Å². The van der Waals surface area contributed by atoms with Crippen LogP contribution in [0.2, 0.25) is 0 Å². The number of nitrogens with zero attached hydrogens (tertiary/aromatic N) is 2. The molecule has 2 aromatic rings. The summed E-state index contributed by atoms with van der Waals surface area (Å²) in [6, 6.07) is 7.11. The number of hydrogen-bond donors (Lipinski definition) is 2. The minimum Gasteiger partial charge on any atom is -0.495 e. The number of fused-ring (bicyclic) bond motifs is 1. The molecule has 2 heterocycles. The van der Waals surface area contributed by atoms with Crippen LogP contribution >= 0.6 is 0 Å². The summed E-state index contributed by atoms with van der Waals surface area (Å²) < 4.78 is 5.35. The van der Waals surface area contributed by atoms with E-state index in [-0.39, 0.29) is 6.17 Å². The highest BCUT2D eigenvalue weighted by atomic mass is 16.5. The first-order valence-corrected chi connectivity index (χ1v) is 6.41. The third-order valence-corrected chi connectivity index (χ3v) is 3.32. The quantitative estimate of drug-likeness (QED) is 0.897. The number of aliphatic imine (C=N–C) groups is 1. The fourth-order valence-electron chi connectivity index (χ4n) is 2.33. The van der Waals surface area contributed by atoms with Gasteiger partial charge in [0.05, 0.1) is 24.6 Å². The number of benzene rings is 1. The Balaban J connectivity index is 2.03.